The van der Waals surface area contributed by atoms with E-state index in [4.69, 9.17) is 9.84 Å². The van der Waals surface area contributed by atoms with E-state index >= 15 is 0 Å². The first-order chi connectivity index (χ1) is 21.6. The molecule has 0 saturated heterocycles. The SMILES string of the molecule is CC/C=C\C/C=C\C/C=C\CCCCCCCCCC(=O)OC(CCCC)CCCCCCCCCCCCCCC(=O)O. The number of unbranched alkanes of at least 4 members (excludes halogenated alkanes) is 19. The number of allylic oxidation sites excluding steroid dienone is 6. The summed E-state index contributed by atoms with van der Waals surface area (Å²) in [4.78, 5) is 23.0. The lowest BCUT2D eigenvalue weighted by atomic mass is 10.0. The molecule has 0 amide bonds. The Morgan fingerprint density at radius 2 is 0.955 bits per heavy atom. The summed E-state index contributed by atoms with van der Waals surface area (Å²) in [5.74, 6) is -0.651. The van der Waals surface area contributed by atoms with Crippen molar-refractivity contribution in [1.82, 2.24) is 0 Å². The average molecular weight is 617 g/mol. The van der Waals surface area contributed by atoms with E-state index in [2.05, 4.69) is 50.3 Å². The second-order valence-electron chi connectivity index (χ2n) is 12.7. The summed E-state index contributed by atoms with van der Waals surface area (Å²) in [5, 5.41) is 8.67. The lowest BCUT2D eigenvalue weighted by Crippen LogP contribution is -2.18. The predicted octanol–water partition coefficient (Wildman–Crippen LogP) is 13.0. The molecule has 0 aliphatic heterocycles. The summed E-state index contributed by atoms with van der Waals surface area (Å²) >= 11 is 0. The number of aliphatic carboxylic acids is 1. The molecular weight excluding hydrogens is 544 g/mol. The zero-order chi connectivity index (χ0) is 32.2. The number of carboxylic acids is 1. The number of hydrogen-bond donors (Lipinski definition) is 1. The Hall–Kier alpha value is -1.84. The number of rotatable bonds is 34. The third-order valence-corrected chi connectivity index (χ3v) is 8.38. The number of esters is 1. The first-order valence-electron chi connectivity index (χ1n) is 19.0. The fraction of sp³-hybridized carbons (Fsp3) is 0.800. The topological polar surface area (TPSA) is 63.6 Å². The summed E-state index contributed by atoms with van der Waals surface area (Å²) < 4.78 is 5.92. The van der Waals surface area contributed by atoms with Gasteiger partial charge in [0.2, 0.25) is 0 Å². The number of carboxylic acid groups (broad SMARTS) is 1. The number of carbonyl (C=O) groups excluding carboxylic acids is 1. The van der Waals surface area contributed by atoms with Crippen molar-refractivity contribution in [2.45, 2.75) is 206 Å². The van der Waals surface area contributed by atoms with Crippen LogP contribution in [0.1, 0.15) is 200 Å². The van der Waals surface area contributed by atoms with Crippen LogP contribution in [0.25, 0.3) is 0 Å². The van der Waals surface area contributed by atoms with E-state index in [1.165, 1.54) is 103 Å². The average Bonchev–Trinajstić information content (AvgIpc) is 3.01. The summed E-state index contributed by atoms with van der Waals surface area (Å²) in [6.07, 6.45) is 46.4. The predicted molar refractivity (Wildman–Crippen MR) is 190 cm³/mol. The summed E-state index contributed by atoms with van der Waals surface area (Å²) in [7, 11) is 0. The van der Waals surface area contributed by atoms with Gasteiger partial charge in [-0.2, -0.15) is 0 Å². The monoisotopic (exact) mass is 617 g/mol. The van der Waals surface area contributed by atoms with Gasteiger partial charge in [0.05, 0.1) is 0 Å². The molecule has 0 aromatic carbocycles. The number of hydrogen-bond acceptors (Lipinski definition) is 3. The zero-order valence-corrected chi connectivity index (χ0v) is 29.2. The molecule has 1 N–H and O–H groups in total. The molecule has 0 bridgehead atoms. The van der Waals surface area contributed by atoms with Gasteiger partial charge in [-0.25, -0.2) is 0 Å². The minimum absolute atomic E-state index is 0.0204. The molecule has 1 atom stereocenters. The quantitative estimate of drug-likeness (QED) is 0.0444. The Morgan fingerprint density at radius 1 is 0.523 bits per heavy atom. The Kier molecular flexibility index (Phi) is 34.1. The van der Waals surface area contributed by atoms with Crippen molar-refractivity contribution >= 4 is 11.9 Å². The van der Waals surface area contributed by atoms with Gasteiger partial charge in [-0.05, 0) is 64.2 Å². The maximum Gasteiger partial charge on any atom is 0.306 e. The van der Waals surface area contributed by atoms with Crippen molar-refractivity contribution in [3.8, 4) is 0 Å². The molecule has 1 unspecified atom stereocenters. The van der Waals surface area contributed by atoms with Crippen LogP contribution >= 0.6 is 0 Å². The Morgan fingerprint density at radius 3 is 1.48 bits per heavy atom. The third-order valence-electron chi connectivity index (χ3n) is 8.38. The van der Waals surface area contributed by atoms with Gasteiger partial charge >= 0.3 is 11.9 Å². The molecular formula is C40H72O4. The normalized spacial score (nSPS) is 12.6. The van der Waals surface area contributed by atoms with E-state index in [1.54, 1.807) is 0 Å². The van der Waals surface area contributed by atoms with Crippen LogP contribution < -0.4 is 0 Å². The van der Waals surface area contributed by atoms with Crippen molar-refractivity contribution in [2.75, 3.05) is 0 Å². The van der Waals surface area contributed by atoms with Crippen LogP contribution in [0.5, 0.6) is 0 Å². The molecule has 0 rings (SSSR count). The van der Waals surface area contributed by atoms with E-state index in [9.17, 15) is 9.59 Å². The molecule has 0 aromatic rings. The molecule has 256 valence electrons. The van der Waals surface area contributed by atoms with Crippen LogP contribution in [0.15, 0.2) is 36.5 Å². The van der Waals surface area contributed by atoms with Crippen molar-refractivity contribution in [1.29, 1.82) is 0 Å². The molecule has 4 nitrogen and oxygen atoms in total. The highest BCUT2D eigenvalue weighted by Gasteiger charge is 2.13. The maximum absolute atomic E-state index is 12.5. The molecule has 0 aliphatic carbocycles. The smallest absolute Gasteiger partial charge is 0.306 e. The maximum atomic E-state index is 12.5. The lowest BCUT2D eigenvalue weighted by molar-refractivity contribution is -0.150. The van der Waals surface area contributed by atoms with Crippen molar-refractivity contribution in [2.24, 2.45) is 0 Å². The fourth-order valence-corrected chi connectivity index (χ4v) is 5.60. The largest absolute Gasteiger partial charge is 0.481 e. The second kappa shape index (κ2) is 35.6. The van der Waals surface area contributed by atoms with E-state index in [0.29, 0.717) is 12.8 Å². The van der Waals surface area contributed by atoms with E-state index < -0.39 is 5.97 Å². The van der Waals surface area contributed by atoms with E-state index in [0.717, 1.165) is 70.6 Å². The third kappa shape index (κ3) is 34.6. The highest BCUT2D eigenvalue weighted by Crippen LogP contribution is 2.18. The highest BCUT2D eigenvalue weighted by molar-refractivity contribution is 5.69. The molecule has 0 saturated carbocycles. The lowest BCUT2D eigenvalue weighted by Gasteiger charge is -2.18. The molecule has 0 radical (unpaired) electrons. The van der Waals surface area contributed by atoms with E-state index in [1.807, 2.05) is 0 Å². The van der Waals surface area contributed by atoms with Crippen LogP contribution in [0.3, 0.4) is 0 Å². The Balaban J connectivity index is 3.66. The molecule has 0 heterocycles. The van der Waals surface area contributed by atoms with Gasteiger partial charge in [0.1, 0.15) is 6.10 Å². The van der Waals surface area contributed by atoms with Gasteiger partial charge in [-0.1, -0.05) is 159 Å². The fourth-order valence-electron chi connectivity index (χ4n) is 5.60. The van der Waals surface area contributed by atoms with Crippen LogP contribution in [0, 0.1) is 0 Å². The summed E-state index contributed by atoms with van der Waals surface area (Å²) in [6.45, 7) is 4.38. The van der Waals surface area contributed by atoms with Gasteiger partial charge < -0.3 is 9.84 Å². The van der Waals surface area contributed by atoms with Crippen LogP contribution in [0.2, 0.25) is 0 Å². The standard InChI is InChI=1S/C40H72O4/c1-3-5-7-8-9-10-11-12-13-14-15-16-21-24-27-30-33-37-40(43)44-38(34-6-4-2)35-31-28-25-22-19-17-18-20-23-26-29-32-36-39(41)42/h5,7,9-10,12-13,38H,3-4,6,8,11,14-37H2,1-2H3,(H,41,42)/b7-5-,10-9-,13-12-. The van der Waals surface area contributed by atoms with Gasteiger partial charge in [0, 0.05) is 12.8 Å². The minimum Gasteiger partial charge on any atom is -0.481 e. The second-order valence-corrected chi connectivity index (χ2v) is 12.7. The van der Waals surface area contributed by atoms with Gasteiger partial charge in [-0.15, -0.1) is 0 Å². The number of ether oxygens (including phenoxy) is 1. The first-order valence-corrected chi connectivity index (χ1v) is 19.0. The Labute approximate surface area is 273 Å². The van der Waals surface area contributed by atoms with Crippen molar-refractivity contribution in [3.05, 3.63) is 36.5 Å². The van der Waals surface area contributed by atoms with Crippen molar-refractivity contribution in [3.63, 3.8) is 0 Å². The number of carbonyl (C=O) groups is 2. The molecule has 0 spiro atoms. The Bertz CT molecular complexity index is 708. The van der Waals surface area contributed by atoms with Crippen LogP contribution in [-0.4, -0.2) is 23.1 Å². The summed E-state index contributed by atoms with van der Waals surface area (Å²) in [6, 6.07) is 0. The van der Waals surface area contributed by atoms with Gasteiger partial charge in [0.25, 0.3) is 0 Å². The zero-order valence-electron chi connectivity index (χ0n) is 29.2. The van der Waals surface area contributed by atoms with Gasteiger partial charge in [-0.3, -0.25) is 9.59 Å². The molecule has 44 heavy (non-hydrogen) atoms. The molecule has 4 heteroatoms. The minimum atomic E-state index is -0.671. The molecule has 0 aromatic heterocycles. The molecule has 0 aliphatic rings. The highest BCUT2D eigenvalue weighted by atomic mass is 16.5. The molecule has 0 fully saturated rings. The summed E-state index contributed by atoms with van der Waals surface area (Å²) in [5.41, 5.74) is 0. The first kappa shape index (κ1) is 42.2. The van der Waals surface area contributed by atoms with Gasteiger partial charge in [0.15, 0.2) is 0 Å². The van der Waals surface area contributed by atoms with Crippen LogP contribution in [0.4, 0.5) is 0 Å². The van der Waals surface area contributed by atoms with Crippen molar-refractivity contribution < 1.29 is 19.4 Å². The van der Waals surface area contributed by atoms with Crippen LogP contribution in [-0.2, 0) is 14.3 Å². The van der Waals surface area contributed by atoms with E-state index in [-0.39, 0.29) is 12.1 Å².